The van der Waals surface area contributed by atoms with Crippen LogP contribution in [0, 0.1) is 5.92 Å². The zero-order chi connectivity index (χ0) is 29.0. The van der Waals surface area contributed by atoms with Crippen LogP contribution in [0.1, 0.15) is 75.1 Å². The Kier molecular flexibility index (Phi) is 8.96. The number of aromatic nitrogens is 2. The predicted molar refractivity (Wildman–Crippen MR) is 153 cm³/mol. The maximum Gasteiger partial charge on any atom is 0.405 e. The number of piperidine rings is 1. The number of hydrazone groups is 1. The molecule has 9 nitrogen and oxygen atoms in total. The fraction of sp³-hybridized carbons (Fsp3) is 0.586. The van der Waals surface area contributed by atoms with Crippen LogP contribution in [0.3, 0.4) is 0 Å². The lowest BCUT2D eigenvalue weighted by Gasteiger charge is -2.32. The highest BCUT2D eigenvalue weighted by Gasteiger charge is 2.34. The lowest BCUT2D eigenvalue weighted by Crippen LogP contribution is -2.36. The van der Waals surface area contributed by atoms with Crippen molar-refractivity contribution in [2.45, 2.75) is 70.1 Å². The first-order chi connectivity index (χ1) is 19.7. The van der Waals surface area contributed by atoms with Gasteiger partial charge in [0.05, 0.1) is 24.8 Å². The van der Waals surface area contributed by atoms with Gasteiger partial charge < -0.3 is 15.5 Å². The topological polar surface area (TPSA) is 90.2 Å². The van der Waals surface area contributed by atoms with E-state index in [0.29, 0.717) is 18.3 Å². The second-order valence-corrected chi connectivity index (χ2v) is 11.4. The molecule has 12 heteroatoms. The summed E-state index contributed by atoms with van der Waals surface area (Å²) in [7, 11) is 0. The number of hydrogen-bond acceptors (Lipinski definition) is 6. The monoisotopic (exact) mass is 572 g/mol. The molecule has 1 aromatic heterocycles. The van der Waals surface area contributed by atoms with E-state index in [1.54, 1.807) is 18.2 Å². The third-order valence-corrected chi connectivity index (χ3v) is 8.37. The molecule has 3 atom stereocenters. The Morgan fingerprint density at radius 3 is 2.76 bits per heavy atom. The molecule has 41 heavy (non-hydrogen) atoms. The number of fused-ring (bicyclic) bond motifs is 1. The van der Waals surface area contributed by atoms with E-state index in [9.17, 15) is 18.0 Å². The van der Waals surface area contributed by atoms with Crippen LogP contribution in [0.4, 0.5) is 23.7 Å². The quantitative estimate of drug-likeness (QED) is 0.411. The van der Waals surface area contributed by atoms with Crippen LogP contribution >= 0.6 is 0 Å². The summed E-state index contributed by atoms with van der Waals surface area (Å²) >= 11 is 0. The van der Waals surface area contributed by atoms with E-state index in [4.69, 9.17) is 15.2 Å². The minimum Gasteiger partial charge on any atom is -0.329 e. The second-order valence-electron chi connectivity index (χ2n) is 11.4. The molecule has 0 radical (unpaired) electrons. The van der Waals surface area contributed by atoms with Gasteiger partial charge in [-0.15, -0.1) is 0 Å². The molecule has 3 aliphatic heterocycles. The summed E-state index contributed by atoms with van der Waals surface area (Å²) in [5, 5.41) is 15.6. The van der Waals surface area contributed by atoms with Crippen molar-refractivity contribution in [1.29, 1.82) is 0 Å². The number of amidine groups is 1. The zero-order valence-electron chi connectivity index (χ0n) is 23.6. The van der Waals surface area contributed by atoms with Gasteiger partial charge in [0.25, 0.3) is 0 Å². The van der Waals surface area contributed by atoms with E-state index in [-0.39, 0.29) is 12.0 Å². The summed E-state index contributed by atoms with van der Waals surface area (Å²) in [5.41, 5.74) is 2.41. The summed E-state index contributed by atoms with van der Waals surface area (Å²) in [6.07, 6.45) is 7.04. The summed E-state index contributed by atoms with van der Waals surface area (Å²) < 4.78 is 39.3. The molecule has 5 rings (SSSR count). The average molecular weight is 573 g/mol. The third-order valence-electron chi connectivity index (χ3n) is 8.37. The minimum absolute atomic E-state index is 0.0958. The molecule has 1 fully saturated rings. The minimum atomic E-state index is -4.47. The maximum absolute atomic E-state index is 12.4. The Bertz CT molecular complexity index is 1250. The number of nitrogens with zero attached hydrogens (tertiary/aromatic N) is 6. The van der Waals surface area contributed by atoms with Crippen LogP contribution in [0.5, 0.6) is 0 Å². The smallest absolute Gasteiger partial charge is 0.329 e. The second kappa shape index (κ2) is 12.6. The summed E-state index contributed by atoms with van der Waals surface area (Å²) in [5.74, 6) is 1.77. The fourth-order valence-electron chi connectivity index (χ4n) is 5.62. The van der Waals surface area contributed by atoms with Gasteiger partial charge in [-0.3, -0.25) is 9.67 Å². The number of nitrogens with one attached hydrogen (secondary N) is 2. The first-order valence-corrected chi connectivity index (χ1v) is 14.5. The van der Waals surface area contributed by atoms with E-state index in [0.717, 1.165) is 55.2 Å². The largest absolute Gasteiger partial charge is 0.405 e. The summed E-state index contributed by atoms with van der Waals surface area (Å²) in [6.45, 7) is 7.12. The van der Waals surface area contributed by atoms with Crippen molar-refractivity contribution in [1.82, 2.24) is 25.0 Å². The molecule has 0 saturated carbocycles. The number of likely N-dealkylation sites (tertiary alicyclic amines) is 1. The molecule has 0 aliphatic carbocycles. The van der Waals surface area contributed by atoms with Crippen molar-refractivity contribution >= 4 is 23.8 Å². The molecule has 3 unspecified atom stereocenters. The Balaban J connectivity index is 1.16. The Morgan fingerprint density at radius 1 is 1.20 bits per heavy atom. The Labute approximate surface area is 238 Å². The normalized spacial score (nSPS) is 22.4. The number of aliphatic imine (C=N–C) groups is 1. The number of amides is 2. The van der Waals surface area contributed by atoms with Gasteiger partial charge in [0.1, 0.15) is 12.4 Å². The van der Waals surface area contributed by atoms with Gasteiger partial charge in [0, 0.05) is 43.5 Å². The zero-order valence-corrected chi connectivity index (χ0v) is 23.6. The number of carbonyl (C=O) groups is 1. The number of carbonyl (C=O) groups excluding carboxylic acids is 1. The molecule has 2 aromatic rings. The molecule has 4 heterocycles. The highest BCUT2D eigenvalue weighted by molar-refractivity contribution is 5.92. The van der Waals surface area contributed by atoms with Crippen LogP contribution in [-0.4, -0.2) is 76.7 Å². The van der Waals surface area contributed by atoms with E-state index in [1.165, 1.54) is 19.4 Å². The Morgan fingerprint density at radius 2 is 2.00 bits per heavy atom. The fourth-order valence-corrected chi connectivity index (χ4v) is 5.62. The standard InChI is InChI=1S/C29H39F3N8O/c1-3-20(2)7-10-38-11-8-25(9-12-38)39-18-23(16-35-39)22-14-27-33-17-26(40(27)36-15-22)21-5-4-6-24(13-21)37-28(41)34-19-29(30,31)32/h4-6,13,15-16,18,20,22,25-26H,3,7-12,14,17,19H2,1-2H3,(H2,34,37,41). The van der Waals surface area contributed by atoms with Crippen molar-refractivity contribution in [3.05, 3.63) is 47.8 Å². The van der Waals surface area contributed by atoms with Crippen molar-refractivity contribution < 1.29 is 18.0 Å². The van der Waals surface area contributed by atoms with Crippen LogP contribution in [0.15, 0.2) is 46.8 Å². The maximum atomic E-state index is 12.4. The molecule has 0 bridgehead atoms. The summed E-state index contributed by atoms with van der Waals surface area (Å²) in [4.78, 5) is 19.2. The lowest BCUT2D eigenvalue weighted by atomic mass is 9.97. The molecule has 2 N–H and O–H groups in total. The molecular formula is C29H39F3N8O. The highest BCUT2D eigenvalue weighted by atomic mass is 19.4. The molecule has 0 spiro atoms. The van der Waals surface area contributed by atoms with Gasteiger partial charge in [-0.05, 0) is 55.0 Å². The Hall–Kier alpha value is -3.41. The van der Waals surface area contributed by atoms with Gasteiger partial charge in [0.15, 0.2) is 0 Å². The number of anilines is 1. The molecule has 222 valence electrons. The van der Waals surface area contributed by atoms with Crippen LogP contribution < -0.4 is 10.6 Å². The van der Waals surface area contributed by atoms with E-state index in [2.05, 4.69) is 34.9 Å². The first-order valence-electron chi connectivity index (χ1n) is 14.5. The third kappa shape index (κ3) is 7.46. The number of urea groups is 1. The lowest BCUT2D eigenvalue weighted by molar-refractivity contribution is -0.122. The number of alkyl halides is 3. The first kappa shape index (κ1) is 29.1. The number of benzene rings is 1. The van der Waals surface area contributed by atoms with Crippen LogP contribution in [-0.2, 0) is 0 Å². The predicted octanol–water partition coefficient (Wildman–Crippen LogP) is 5.57. The molecule has 2 amide bonds. The van der Waals surface area contributed by atoms with Gasteiger partial charge in [-0.2, -0.15) is 23.4 Å². The van der Waals surface area contributed by atoms with Crippen LogP contribution in [0.25, 0.3) is 0 Å². The van der Waals surface area contributed by atoms with Gasteiger partial charge in [0.2, 0.25) is 0 Å². The number of hydrogen-bond donors (Lipinski definition) is 2. The van der Waals surface area contributed by atoms with E-state index in [1.807, 2.05) is 28.8 Å². The number of rotatable bonds is 9. The molecule has 3 aliphatic rings. The van der Waals surface area contributed by atoms with Gasteiger partial charge in [-0.1, -0.05) is 32.4 Å². The van der Waals surface area contributed by atoms with Crippen molar-refractivity contribution in [3.8, 4) is 0 Å². The van der Waals surface area contributed by atoms with E-state index >= 15 is 0 Å². The number of halogens is 3. The van der Waals surface area contributed by atoms with Gasteiger partial charge in [-0.25, -0.2) is 9.80 Å². The van der Waals surface area contributed by atoms with Gasteiger partial charge >= 0.3 is 12.2 Å². The molecule has 1 aromatic carbocycles. The molecular weight excluding hydrogens is 533 g/mol. The molecule has 1 saturated heterocycles. The van der Waals surface area contributed by atoms with Crippen molar-refractivity contribution in [2.24, 2.45) is 16.0 Å². The highest BCUT2D eigenvalue weighted by Crippen LogP contribution is 2.35. The van der Waals surface area contributed by atoms with E-state index < -0.39 is 18.8 Å². The SMILES string of the molecule is CCC(C)CCN1CCC(n2cc(C3C=NN4C(=NCC4c4cccc(NC(=O)NCC(F)(F)F)c4)C3)cn2)CC1. The summed E-state index contributed by atoms with van der Waals surface area (Å²) in [6, 6.07) is 6.42. The van der Waals surface area contributed by atoms with Crippen molar-refractivity contribution in [3.63, 3.8) is 0 Å². The average Bonchev–Trinajstić information content (AvgIpc) is 3.62. The van der Waals surface area contributed by atoms with Crippen LogP contribution in [0.2, 0.25) is 0 Å². The van der Waals surface area contributed by atoms with Crippen molar-refractivity contribution in [2.75, 3.05) is 38.0 Å².